The van der Waals surface area contributed by atoms with Crippen molar-refractivity contribution in [1.82, 2.24) is 0 Å². The monoisotopic (exact) mass is 190 g/mol. The molecule has 1 rings (SSSR count). The molecular weight excluding hydrogens is 180 g/mol. The van der Waals surface area contributed by atoms with Gasteiger partial charge in [-0.3, -0.25) is 0 Å². The summed E-state index contributed by atoms with van der Waals surface area (Å²) in [7, 11) is 0. The molecule has 1 fully saturated rings. The van der Waals surface area contributed by atoms with E-state index in [4.69, 9.17) is 21.4 Å². The van der Waals surface area contributed by atoms with Gasteiger partial charge in [0.1, 0.15) is 5.03 Å². The number of halogens is 1. The molecule has 4 heteroatoms. The van der Waals surface area contributed by atoms with E-state index in [1.807, 2.05) is 0 Å². The molecule has 0 saturated carbocycles. The van der Waals surface area contributed by atoms with Gasteiger partial charge in [-0.1, -0.05) is 11.6 Å². The van der Waals surface area contributed by atoms with Crippen LogP contribution in [0, 0.1) is 0 Å². The summed E-state index contributed by atoms with van der Waals surface area (Å²) in [4.78, 5) is 10.3. The summed E-state index contributed by atoms with van der Waals surface area (Å²) in [6.07, 6.45) is 4.34. The number of carbonyl (C=O) groups is 1. The number of ether oxygens (including phenoxy) is 1. The van der Waals surface area contributed by atoms with Crippen molar-refractivity contribution in [2.45, 2.75) is 25.4 Å². The molecule has 0 bridgehead atoms. The molecule has 0 aromatic carbocycles. The number of carboxylic acid groups (broad SMARTS) is 1. The van der Waals surface area contributed by atoms with Gasteiger partial charge >= 0.3 is 5.97 Å². The highest BCUT2D eigenvalue weighted by Gasteiger charge is 2.13. The van der Waals surface area contributed by atoms with Gasteiger partial charge in [0.2, 0.25) is 0 Å². The average Bonchev–Trinajstić information content (AvgIpc) is 2.06. The maximum Gasteiger partial charge on any atom is 0.347 e. The van der Waals surface area contributed by atoms with Crippen LogP contribution >= 0.6 is 11.6 Å². The quantitative estimate of drug-likeness (QED) is 0.675. The first kappa shape index (κ1) is 9.55. The van der Waals surface area contributed by atoms with Gasteiger partial charge in [0.25, 0.3) is 0 Å². The van der Waals surface area contributed by atoms with Crippen LogP contribution in [0.4, 0.5) is 0 Å². The van der Waals surface area contributed by atoms with Gasteiger partial charge in [0.15, 0.2) is 0 Å². The predicted molar refractivity (Wildman–Crippen MR) is 45.2 cm³/mol. The summed E-state index contributed by atoms with van der Waals surface area (Å²) in [6, 6.07) is 0. The summed E-state index contributed by atoms with van der Waals surface area (Å²) in [5.41, 5.74) is 0. The second-order valence-electron chi connectivity index (χ2n) is 2.72. The maximum absolute atomic E-state index is 10.3. The third kappa shape index (κ3) is 2.83. The minimum absolute atomic E-state index is 0.109. The molecule has 1 unspecified atom stereocenters. The lowest BCUT2D eigenvalue weighted by molar-refractivity contribution is -0.132. The zero-order valence-electron chi connectivity index (χ0n) is 6.62. The molecule has 1 N–H and O–H groups in total. The van der Waals surface area contributed by atoms with E-state index >= 15 is 0 Å². The van der Waals surface area contributed by atoms with Crippen molar-refractivity contribution in [2.75, 3.05) is 6.61 Å². The predicted octanol–water partition coefficient (Wildman–Crippen LogP) is 1.76. The number of rotatable bonds is 2. The van der Waals surface area contributed by atoms with Crippen LogP contribution in [0.1, 0.15) is 19.3 Å². The second kappa shape index (κ2) is 4.48. The first-order chi connectivity index (χ1) is 5.70. The number of hydrogen-bond donors (Lipinski definition) is 1. The fraction of sp³-hybridized carbons (Fsp3) is 0.625. The topological polar surface area (TPSA) is 46.5 Å². The Morgan fingerprint density at radius 3 is 2.83 bits per heavy atom. The van der Waals surface area contributed by atoms with E-state index in [0.29, 0.717) is 6.61 Å². The summed E-state index contributed by atoms with van der Waals surface area (Å²) >= 11 is 5.43. The van der Waals surface area contributed by atoms with E-state index in [9.17, 15) is 4.79 Å². The van der Waals surface area contributed by atoms with Gasteiger partial charge in [0, 0.05) is 6.61 Å². The van der Waals surface area contributed by atoms with E-state index in [0.717, 1.165) is 19.3 Å². The van der Waals surface area contributed by atoms with Crippen LogP contribution in [-0.2, 0) is 9.53 Å². The largest absolute Gasteiger partial charge is 0.477 e. The Balaban J connectivity index is 2.47. The Labute approximate surface area is 76.0 Å². The van der Waals surface area contributed by atoms with Crippen LogP contribution in [-0.4, -0.2) is 23.8 Å². The average molecular weight is 191 g/mol. The molecule has 1 atom stereocenters. The Morgan fingerprint density at radius 1 is 1.58 bits per heavy atom. The van der Waals surface area contributed by atoms with Crippen LogP contribution in [0.25, 0.3) is 0 Å². The highest BCUT2D eigenvalue weighted by molar-refractivity contribution is 6.40. The fourth-order valence-electron chi connectivity index (χ4n) is 1.13. The molecule has 1 saturated heterocycles. The Hall–Kier alpha value is -0.540. The van der Waals surface area contributed by atoms with Gasteiger partial charge < -0.3 is 9.84 Å². The first-order valence-electron chi connectivity index (χ1n) is 3.92. The summed E-state index contributed by atoms with van der Waals surface area (Å²) in [5, 5.41) is 8.31. The van der Waals surface area contributed by atoms with Crippen LogP contribution in [0.2, 0.25) is 0 Å². The lowest BCUT2D eigenvalue weighted by atomic mass is 10.1. The molecule has 0 spiro atoms. The third-order valence-corrected chi connectivity index (χ3v) is 2.04. The smallest absolute Gasteiger partial charge is 0.347 e. The molecule has 0 aromatic rings. The van der Waals surface area contributed by atoms with Gasteiger partial charge in [-0.2, -0.15) is 0 Å². The third-order valence-electron chi connectivity index (χ3n) is 1.75. The van der Waals surface area contributed by atoms with Crippen LogP contribution < -0.4 is 0 Å². The van der Waals surface area contributed by atoms with Crippen molar-refractivity contribution in [1.29, 1.82) is 0 Å². The van der Waals surface area contributed by atoms with Crippen molar-refractivity contribution in [3.8, 4) is 0 Å². The normalized spacial score (nSPS) is 25.4. The first-order valence-corrected chi connectivity index (χ1v) is 4.30. The minimum atomic E-state index is -1.09. The maximum atomic E-state index is 10.3. The van der Waals surface area contributed by atoms with Crippen LogP contribution in [0.3, 0.4) is 0 Å². The number of hydrogen-bond acceptors (Lipinski definition) is 2. The summed E-state index contributed by atoms with van der Waals surface area (Å²) < 4.78 is 5.27. The molecule has 0 amide bonds. The molecule has 1 aliphatic heterocycles. The molecule has 0 radical (unpaired) electrons. The SMILES string of the molecule is O=C(O)C(Cl)=CC1CCCCO1. The molecule has 0 aromatic heterocycles. The zero-order valence-corrected chi connectivity index (χ0v) is 7.38. The lowest BCUT2D eigenvalue weighted by Crippen LogP contribution is -2.17. The summed E-state index contributed by atoms with van der Waals surface area (Å²) in [5.74, 6) is -1.09. The fourth-order valence-corrected chi connectivity index (χ4v) is 1.27. The molecule has 1 heterocycles. The van der Waals surface area contributed by atoms with Crippen molar-refractivity contribution < 1.29 is 14.6 Å². The summed E-state index contributed by atoms with van der Waals surface area (Å²) in [6.45, 7) is 0.699. The van der Waals surface area contributed by atoms with E-state index in [1.165, 1.54) is 6.08 Å². The van der Waals surface area contributed by atoms with Crippen LogP contribution in [0.15, 0.2) is 11.1 Å². The molecule has 1 aliphatic rings. The Kier molecular flexibility index (Phi) is 3.56. The highest BCUT2D eigenvalue weighted by atomic mass is 35.5. The van der Waals surface area contributed by atoms with Crippen molar-refractivity contribution in [2.24, 2.45) is 0 Å². The van der Waals surface area contributed by atoms with Crippen molar-refractivity contribution in [3.63, 3.8) is 0 Å². The van der Waals surface area contributed by atoms with E-state index in [2.05, 4.69) is 0 Å². The number of aliphatic carboxylic acids is 1. The molecule has 0 aliphatic carbocycles. The van der Waals surface area contributed by atoms with Gasteiger partial charge in [-0.05, 0) is 25.3 Å². The zero-order chi connectivity index (χ0) is 8.97. The molecule has 3 nitrogen and oxygen atoms in total. The van der Waals surface area contributed by atoms with E-state index < -0.39 is 5.97 Å². The van der Waals surface area contributed by atoms with Crippen molar-refractivity contribution >= 4 is 17.6 Å². The van der Waals surface area contributed by atoms with E-state index in [1.54, 1.807) is 0 Å². The van der Waals surface area contributed by atoms with Crippen LogP contribution in [0.5, 0.6) is 0 Å². The van der Waals surface area contributed by atoms with Crippen molar-refractivity contribution in [3.05, 3.63) is 11.1 Å². The molecule has 12 heavy (non-hydrogen) atoms. The van der Waals surface area contributed by atoms with Gasteiger partial charge in [-0.15, -0.1) is 0 Å². The van der Waals surface area contributed by atoms with Gasteiger partial charge in [0.05, 0.1) is 6.10 Å². The Bertz CT molecular complexity index is 194. The van der Waals surface area contributed by atoms with E-state index in [-0.39, 0.29) is 11.1 Å². The molecular formula is C8H11ClO3. The standard InChI is InChI=1S/C8H11ClO3/c9-7(8(10)11)5-6-3-1-2-4-12-6/h5-6H,1-4H2,(H,10,11). The lowest BCUT2D eigenvalue weighted by Gasteiger charge is -2.19. The highest BCUT2D eigenvalue weighted by Crippen LogP contribution is 2.16. The Morgan fingerprint density at radius 2 is 2.33 bits per heavy atom. The minimum Gasteiger partial charge on any atom is -0.477 e. The van der Waals surface area contributed by atoms with Gasteiger partial charge in [-0.25, -0.2) is 4.79 Å². The molecule has 68 valence electrons. The number of carboxylic acids is 1. The second-order valence-corrected chi connectivity index (χ2v) is 3.13.